The van der Waals surface area contributed by atoms with Crippen LogP contribution in [-0.4, -0.2) is 42.9 Å². The molecule has 2 saturated heterocycles. The Morgan fingerprint density at radius 1 is 1.20 bits per heavy atom. The summed E-state index contributed by atoms with van der Waals surface area (Å²) >= 11 is 11.8. The molecular weight excluding hydrogens is 301 g/mol. The first kappa shape index (κ1) is 14.1. The van der Waals surface area contributed by atoms with Gasteiger partial charge in [0.15, 0.2) is 5.79 Å². The van der Waals surface area contributed by atoms with E-state index >= 15 is 0 Å². The summed E-state index contributed by atoms with van der Waals surface area (Å²) in [6.07, 6.45) is 1.70. The third-order valence-corrected chi connectivity index (χ3v) is 4.42. The molecule has 108 valence electrons. The molecule has 0 aromatic heterocycles. The van der Waals surface area contributed by atoms with E-state index in [9.17, 15) is 4.79 Å². The topological polar surface area (TPSA) is 38.8 Å². The van der Waals surface area contributed by atoms with Gasteiger partial charge in [0, 0.05) is 18.5 Å². The van der Waals surface area contributed by atoms with Crippen molar-refractivity contribution in [3.05, 3.63) is 33.8 Å². The minimum atomic E-state index is -0.607. The van der Waals surface area contributed by atoms with Gasteiger partial charge in [0.25, 0.3) is 5.91 Å². The van der Waals surface area contributed by atoms with E-state index in [-0.39, 0.29) is 5.91 Å². The van der Waals surface area contributed by atoms with Gasteiger partial charge in [0.05, 0.1) is 29.8 Å². The number of carbonyl (C=O) groups excluding carboxylic acids is 1. The number of rotatable bonds is 1. The largest absolute Gasteiger partial charge is 0.346 e. The molecule has 0 unspecified atom stereocenters. The van der Waals surface area contributed by atoms with Crippen LogP contribution in [0.25, 0.3) is 0 Å². The Balaban J connectivity index is 1.77. The lowest BCUT2D eigenvalue weighted by molar-refractivity contribution is -0.183. The Morgan fingerprint density at radius 3 is 2.65 bits per heavy atom. The highest BCUT2D eigenvalue weighted by atomic mass is 35.5. The maximum absolute atomic E-state index is 12.5. The zero-order valence-electron chi connectivity index (χ0n) is 10.9. The zero-order chi connectivity index (χ0) is 14.2. The van der Waals surface area contributed by atoms with Gasteiger partial charge in [0.1, 0.15) is 0 Å². The third-order valence-electron chi connectivity index (χ3n) is 3.68. The van der Waals surface area contributed by atoms with Crippen molar-refractivity contribution in [2.75, 3.05) is 26.3 Å². The fraction of sp³-hybridized carbons (Fsp3) is 0.500. The summed E-state index contributed by atoms with van der Waals surface area (Å²) in [5.74, 6) is -0.675. The van der Waals surface area contributed by atoms with Gasteiger partial charge in [-0.25, -0.2) is 0 Å². The number of hydrogen-bond donors (Lipinski definition) is 0. The van der Waals surface area contributed by atoms with Crippen LogP contribution >= 0.6 is 23.2 Å². The van der Waals surface area contributed by atoms with Gasteiger partial charge in [-0.15, -0.1) is 0 Å². The molecule has 0 saturated carbocycles. The number of halogens is 2. The normalized spacial score (nSPS) is 21.4. The number of piperidine rings is 1. The molecule has 1 aromatic carbocycles. The first-order valence-corrected chi connectivity index (χ1v) is 7.37. The van der Waals surface area contributed by atoms with Crippen LogP contribution in [-0.2, 0) is 9.47 Å². The lowest BCUT2D eigenvalue weighted by Crippen LogP contribution is -2.51. The molecule has 2 aliphatic rings. The summed E-state index contributed by atoms with van der Waals surface area (Å²) in [5.41, 5.74) is 0.537. The predicted octanol–water partition coefficient (Wildman–Crippen LogP) is 2.97. The highest BCUT2D eigenvalue weighted by Crippen LogP contribution is 2.31. The minimum Gasteiger partial charge on any atom is -0.346 e. The molecule has 1 amide bonds. The number of carbonyl (C=O) groups is 1. The number of amides is 1. The van der Waals surface area contributed by atoms with Crippen LogP contribution in [0.2, 0.25) is 10.0 Å². The van der Waals surface area contributed by atoms with Gasteiger partial charge in [-0.1, -0.05) is 23.2 Å². The van der Waals surface area contributed by atoms with Gasteiger partial charge in [-0.2, -0.15) is 0 Å². The highest BCUT2D eigenvalue weighted by molar-refractivity contribution is 6.42. The molecule has 2 heterocycles. The molecule has 6 heteroatoms. The fourth-order valence-corrected chi connectivity index (χ4v) is 3.00. The van der Waals surface area contributed by atoms with Crippen LogP contribution in [0.1, 0.15) is 23.2 Å². The van der Waals surface area contributed by atoms with Crippen molar-refractivity contribution < 1.29 is 14.3 Å². The average molecular weight is 316 g/mol. The maximum atomic E-state index is 12.5. The summed E-state index contributed by atoms with van der Waals surface area (Å²) < 4.78 is 11.4. The number of ether oxygens (including phenoxy) is 2. The van der Waals surface area contributed by atoms with Crippen molar-refractivity contribution in [2.24, 2.45) is 0 Å². The van der Waals surface area contributed by atoms with Crippen LogP contribution in [0.5, 0.6) is 0 Å². The van der Waals surface area contributed by atoms with Gasteiger partial charge in [-0.05, 0) is 24.6 Å². The standard InChI is InChI=1S/C14H15Cl2NO3/c15-11-3-2-10(8-12(11)16)13(18)17-5-1-4-14(9-17)19-6-7-20-14/h2-3,8H,1,4-7,9H2. The molecular formula is C14H15Cl2NO3. The van der Waals surface area contributed by atoms with E-state index in [1.807, 2.05) is 0 Å². The second kappa shape index (κ2) is 5.53. The van der Waals surface area contributed by atoms with Crippen LogP contribution in [0.3, 0.4) is 0 Å². The van der Waals surface area contributed by atoms with Crippen molar-refractivity contribution in [1.29, 1.82) is 0 Å². The van der Waals surface area contributed by atoms with Crippen molar-refractivity contribution in [1.82, 2.24) is 4.90 Å². The van der Waals surface area contributed by atoms with Gasteiger partial charge in [0.2, 0.25) is 0 Å². The number of nitrogens with zero attached hydrogens (tertiary/aromatic N) is 1. The van der Waals surface area contributed by atoms with Crippen LogP contribution in [0.4, 0.5) is 0 Å². The highest BCUT2D eigenvalue weighted by Gasteiger charge is 2.42. The molecule has 1 aromatic rings. The summed E-state index contributed by atoms with van der Waals surface area (Å²) in [6, 6.07) is 4.93. The summed E-state index contributed by atoms with van der Waals surface area (Å²) in [6.45, 7) is 2.35. The van der Waals surface area contributed by atoms with Gasteiger partial charge in [-0.3, -0.25) is 4.79 Å². The van der Waals surface area contributed by atoms with Crippen LogP contribution in [0, 0.1) is 0 Å². The fourth-order valence-electron chi connectivity index (χ4n) is 2.71. The molecule has 0 radical (unpaired) electrons. The molecule has 4 nitrogen and oxygen atoms in total. The van der Waals surface area contributed by atoms with Crippen LogP contribution in [0.15, 0.2) is 18.2 Å². The van der Waals surface area contributed by atoms with Gasteiger partial charge < -0.3 is 14.4 Å². The number of benzene rings is 1. The van der Waals surface area contributed by atoms with E-state index in [2.05, 4.69) is 0 Å². The van der Waals surface area contributed by atoms with E-state index in [0.29, 0.717) is 41.9 Å². The Labute approximate surface area is 127 Å². The molecule has 3 rings (SSSR count). The van der Waals surface area contributed by atoms with E-state index in [1.165, 1.54) is 0 Å². The summed E-state index contributed by atoms with van der Waals surface area (Å²) in [4.78, 5) is 14.3. The monoisotopic (exact) mass is 315 g/mol. The molecule has 0 aliphatic carbocycles. The summed E-state index contributed by atoms with van der Waals surface area (Å²) in [5, 5.41) is 0.832. The van der Waals surface area contributed by atoms with E-state index < -0.39 is 5.79 Å². The van der Waals surface area contributed by atoms with Gasteiger partial charge >= 0.3 is 0 Å². The second-order valence-electron chi connectivity index (χ2n) is 5.07. The Morgan fingerprint density at radius 2 is 1.95 bits per heavy atom. The first-order valence-electron chi connectivity index (χ1n) is 6.62. The number of likely N-dealkylation sites (tertiary alicyclic amines) is 1. The molecule has 2 fully saturated rings. The zero-order valence-corrected chi connectivity index (χ0v) is 12.4. The second-order valence-corrected chi connectivity index (χ2v) is 5.88. The van der Waals surface area contributed by atoms with E-state index in [4.69, 9.17) is 32.7 Å². The van der Waals surface area contributed by atoms with Crippen molar-refractivity contribution in [3.8, 4) is 0 Å². The predicted molar refractivity (Wildman–Crippen MR) is 76.2 cm³/mol. The smallest absolute Gasteiger partial charge is 0.254 e. The minimum absolute atomic E-state index is 0.0678. The lowest BCUT2D eigenvalue weighted by atomic mass is 10.0. The van der Waals surface area contributed by atoms with Crippen molar-refractivity contribution >= 4 is 29.1 Å². The molecule has 20 heavy (non-hydrogen) atoms. The molecule has 0 bridgehead atoms. The number of hydrogen-bond acceptors (Lipinski definition) is 3. The van der Waals surface area contributed by atoms with Crippen molar-refractivity contribution in [2.45, 2.75) is 18.6 Å². The summed E-state index contributed by atoms with van der Waals surface area (Å²) in [7, 11) is 0. The third kappa shape index (κ3) is 2.66. The van der Waals surface area contributed by atoms with Crippen LogP contribution < -0.4 is 0 Å². The van der Waals surface area contributed by atoms with E-state index in [1.54, 1.807) is 23.1 Å². The molecule has 0 N–H and O–H groups in total. The SMILES string of the molecule is O=C(c1ccc(Cl)c(Cl)c1)N1CCCC2(C1)OCCO2. The average Bonchev–Trinajstić information content (AvgIpc) is 2.89. The quantitative estimate of drug-likeness (QED) is 0.799. The lowest BCUT2D eigenvalue weighted by Gasteiger charge is -2.38. The Kier molecular flexibility index (Phi) is 3.91. The molecule has 0 atom stereocenters. The molecule has 1 spiro atoms. The molecule has 2 aliphatic heterocycles. The first-order chi connectivity index (χ1) is 9.60. The van der Waals surface area contributed by atoms with E-state index in [0.717, 1.165) is 12.8 Å². The maximum Gasteiger partial charge on any atom is 0.254 e. The van der Waals surface area contributed by atoms with Crippen molar-refractivity contribution in [3.63, 3.8) is 0 Å². The Bertz CT molecular complexity index is 529. The Hall–Kier alpha value is -0.810.